The van der Waals surface area contributed by atoms with E-state index in [9.17, 15) is 22.9 Å². The van der Waals surface area contributed by atoms with E-state index >= 15 is 0 Å². The zero-order chi connectivity index (χ0) is 30.5. The molecule has 0 spiro atoms. The van der Waals surface area contributed by atoms with Crippen LogP contribution in [-0.4, -0.2) is 39.7 Å². The van der Waals surface area contributed by atoms with Crippen LogP contribution in [0.4, 0.5) is 10.1 Å². The molecule has 1 amide bonds. The van der Waals surface area contributed by atoms with Gasteiger partial charge in [0.15, 0.2) is 0 Å². The number of benzene rings is 4. The molecule has 0 aliphatic rings. The Kier molecular flexibility index (Phi) is 6.96. The molecule has 8 nitrogen and oxygen atoms in total. The van der Waals surface area contributed by atoms with Crippen LogP contribution in [0.3, 0.4) is 0 Å². The molecule has 0 radical (unpaired) electrons. The lowest BCUT2D eigenvalue weighted by Crippen LogP contribution is -2.25. The van der Waals surface area contributed by atoms with Gasteiger partial charge in [0.1, 0.15) is 28.2 Å². The van der Waals surface area contributed by atoms with Crippen molar-refractivity contribution in [1.29, 1.82) is 5.26 Å². The molecule has 0 saturated heterocycles. The lowest BCUT2D eigenvalue weighted by Gasteiger charge is -2.21. The van der Waals surface area contributed by atoms with Crippen LogP contribution >= 0.6 is 11.3 Å². The van der Waals surface area contributed by atoms with Crippen LogP contribution < -0.4 is 9.62 Å². The maximum absolute atomic E-state index is 13.7. The molecule has 0 unspecified atom stereocenters. The summed E-state index contributed by atoms with van der Waals surface area (Å²) in [6.45, 7) is 0. The van der Waals surface area contributed by atoms with E-state index in [0.29, 0.717) is 49.4 Å². The van der Waals surface area contributed by atoms with Gasteiger partial charge in [-0.25, -0.2) is 17.8 Å². The van der Waals surface area contributed by atoms with Gasteiger partial charge in [-0.05, 0) is 54.1 Å². The number of fused-ring (bicyclic) bond motifs is 2. The van der Waals surface area contributed by atoms with Crippen LogP contribution in [0.5, 0.6) is 0 Å². The number of thiazole rings is 1. The minimum Gasteiger partial charge on any atom is -0.455 e. The molecule has 0 saturated carbocycles. The third-order valence-corrected chi connectivity index (χ3v) is 9.50. The smallest absolute Gasteiger partial charge is 0.255 e. The van der Waals surface area contributed by atoms with Crippen molar-refractivity contribution >= 4 is 54.1 Å². The van der Waals surface area contributed by atoms with E-state index in [4.69, 9.17) is 9.40 Å². The summed E-state index contributed by atoms with van der Waals surface area (Å²) in [4.78, 5) is 17.9. The van der Waals surface area contributed by atoms with Crippen LogP contribution in [0, 0.1) is 17.1 Å². The second-order valence-corrected chi connectivity index (χ2v) is 12.9. The van der Waals surface area contributed by atoms with E-state index in [1.807, 2.05) is 30.3 Å². The van der Waals surface area contributed by atoms with Crippen LogP contribution in [0.15, 0.2) is 83.3 Å². The molecule has 1 N–H and O–H groups in total. The van der Waals surface area contributed by atoms with Crippen molar-refractivity contribution in [2.24, 2.45) is 0 Å². The van der Waals surface area contributed by atoms with Gasteiger partial charge < -0.3 is 9.73 Å². The van der Waals surface area contributed by atoms with Gasteiger partial charge in [0, 0.05) is 42.2 Å². The number of carbonyl (C=O) groups excluding carboxylic acids is 1. The van der Waals surface area contributed by atoms with Crippen LogP contribution in [0.2, 0.25) is 0 Å². The largest absolute Gasteiger partial charge is 0.455 e. The predicted octanol–water partition coefficient (Wildman–Crippen LogP) is 6.81. The van der Waals surface area contributed by atoms with Gasteiger partial charge in [-0.1, -0.05) is 24.3 Å². The number of aromatic nitrogens is 1. The van der Waals surface area contributed by atoms with E-state index in [2.05, 4.69) is 11.4 Å². The number of nitrogens with one attached hydrogen (secondary N) is 1. The molecule has 6 aromatic rings. The summed E-state index contributed by atoms with van der Waals surface area (Å²) < 4.78 is 47.3. The van der Waals surface area contributed by atoms with Crippen molar-refractivity contribution in [3.8, 4) is 39.1 Å². The second kappa shape index (κ2) is 10.7. The number of nitriles is 1. The molecule has 2 heterocycles. The lowest BCUT2D eigenvalue weighted by atomic mass is 9.97. The average molecular weight is 611 g/mol. The molecular formula is C32H23FN4O4S2. The number of hydrogen-bond donors (Lipinski definition) is 1. The van der Waals surface area contributed by atoms with Crippen molar-refractivity contribution in [3.63, 3.8) is 0 Å². The molecule has 0 atom stereocenters. The Bertz CT molecular complexity index is 2210. The van der Waals surface area contributed by atoms with E-state index in [1.165, 1.54) is 49.7 Å². The maximum atomic E-state index is 13.7. The summed E-state index contributed by atoms with van der Waals surface area (Å²) in [6.07, 6.45) is 1.10. The first-order valence-corrected chi connectivity index (χ1v) is 15.7. The van der Waals surface area contributed by atoms with E-state index < -0.39 is 21.7 Å². The third kappa shape index (κ3) is 5.01. The predicted molar refractivity (Wildman–Crippen MR) is 167 cm³/mol. The quantitative estimate of drug-likeness (QED) is 0.222. The van der Waals surface area contributed by atoms with Gasteiger partial charge in [0.2, 0.25) is 10.0 Å². The number of nitrogens with zero attached hydrogens (tertiary/aromatic N) is 3. The molecule has 11 heteroatoms. The van der Waals surface area contributed by atoms with E-state index in [0.717, 1.165) is 20.8 Å². The second-order valence-electron chi connectivity index (χ2n) is 9.85. The zero-order valence-corrected chi connectivity index (χ0v) is 24.8. The van der Waals surface area contributed by atoms with Gasteiger partial charge >= 0.3 is 0 Å². The van der Waals surface area contributed by atoms with Gasteiger partial charge in [-0.3, -0.25) is 9.10 Å². The fourth-order valence-electron chi connectivity index (χ4n) is 4.94. The van der Waals surface area contributed by atoms with Gasteiger partial charge in [-0.15, -0.1) is 11.3 Å². The highest BCUT2D eigenvalue weighted by Crippen LogP contribution is 2.42. The summed E-state index contributed by atoms with van der Waals surface area (Å²) in [5.74, 6) is -0.613. The summed E-state index contributed by atoms with van der Waals surface area (Å²) in [6, 6.07) is 24.0. The van der Waals surface area contributed by atoms with Gasteiger partial charge in [0.25, 0.3) is 5.91 Å². The highest BCUT2D eigenvalue weighted by atomic mass is 32.2. The number of anilines is 1. The molecule has 2 aromatic heterocycles. The number of amides is 1. The molecule has 0 aliphatic carbocycles. The monoisotopic (exact) mass is 610 g/mol. The minimum atomic E-state index is -3.69. The number of rotatable bonds is 6. The number of carbonyl (C=O) groups is 1. The molecular weight excluding hydrogens is 588 g/mol. The Balaban J connectivity index is 1.60. The van der Waals surface area contributed by atoms with Crippen LogP contribution in [-0.2, 0) is 10.0 Å². The number of sulfonamides is 1. The summed E-state index contributed by atoms with van der Waals surface area (Å²) in [7, 11) is -0.744. The molecule has 214 valence electrons. The van der Waals surface area contributed by atoms with Crippen molar-refractivity contribution in [3.05, 3.63) is 95.8 Å². The number of halogens is 1. The Labute approximate surface area is 250 Å². The number of furan rings is 1. The van der Waals surface area contributed by atoms with Crippen molar-refractivity contribution in [2.45, 2.75) is 0 Å². The lowest BCUT2D eigenvalue weighted by molar-refractivity contribution is 0.0964. The molecule has 0 fully saturated rings. The highest BCUT2D eigenvalue weighted by Gasteiger charge is 2.26. The molecule has 43 heavy (non-hydrogen) atoms. The Morgan fingerprint density at radius 2 is 1.74 bits per heavy atom. The molecule has 0 bridgehead atoms. The minimum absolute atomic E-state index is 0.232. The molecule has 0 aliphatic heterocycles. The summed E-state index contributed by atoms with van der Waals surface area (Å²) in [5, 5.41) is 13.3. The fourth-order valence-corrected chi connectivity index (χ4v) is 6.47. The summed E-state index contributed by atoms with van der Waals surface area (Å²) in [5.41, 5.74) is 4.61. The average Bonchev–Trinajstić information content (AvgIpc) is 3.61. The standard InChI is InChI=1S/C32H23FN4O4S2/c1-35-31(38)28-24-15-23(19-6-4-7-20(14-19)32-36-25-9-5-8-21(17-34)30(25)42-32)26(37(2)43(3,39)40)16-27(24)41-29(28)18-10-12-22(33)13-11-18/h4-16H,1-3H3,(H,35,38). The Morgan fingerprint density at radius 3 is 2.44 bits per heavy atom. The fraction of sp³-hybridized carbons (Fsp3) is 0.0938. The maximum Gasteiger partial charge on any atom is 0.255 e. The third-order valence-electron chi connectivity index (χ3n) is 7.16. The van der Waals surface area contributed by atoms with E-state index in [-0.39, 0.29) is 11.3 Å². The topological polar surface area (TPSA) is 116 Å². The first-order valence-electron chi connectivity index (χ1n) is 13.0. The van der Waals surface area contributed by atoms with Crippen molar-refractivity contribution < 1.29 is 22.0 Å². The first kappa shape index (κ1) is 28.1. The van der Waals surface area contributed by atoms with Crippen LogP contribution in [0.1, 0.15) is 15.9 Å². The van der Waals surface area contributed by atoms with Crippen LogP contribution in [0.25, 0.3) is 54.2 Å². The van der Waals surface area contributed by atoms with E-state index in [1.54, 1.807) is 24.3 Å². The molecule has 6 rings (SSSR count). The van der Waals surface area contributed by atoms with Crippen molar-refractivity contribution in [2.75, 3.05) is 24.7 Å². The van der Waals surface area contributed by atoms with Crippen molar-refractivity contribution in [1.82, 2.24) is 10.3 Å². The highest BCUT2D eigenvalue weighted by molar-refractivity contribution is 7.92. The zero-order valence-electron chi connectivity index (χ0n) is 23.2. The Morgan fingerprint density at radius 1 is 1.02 bits per heavy atom. The normalized spacial score (nSPS) is 11.5. The summed E-state index contributed by atoms with van der Waals surface area (Å²) >= 11 is 1.40. The first-order chi connectivity index (χ1) is 20.6. The van der Waals surface area contributed by atoms with Gasteiger partial charge in [0.05, 0.1) is 33.3 Å². The number of hydrogen-bond acceptors (Lipinski definition) is 7. The SMILES string of the molecule is CNC(=O)c1c(-c2ccc(F)cc2)oc2cc(N(C)S(C)(=O)=O)c(-c3cccc(-c4nc5cccc(C#N)c5s4)c3)cc12. The Hall–Kier alpha value is -5.05. The van der Waals surface area contributed by atoms with Gasteiger partial charge in [-0.2, -0.15) is 5.26 Å². The molecule has 4 aromatic carbocycles.